The average Bonchev–Trinajstić information content (AvgIpc) is 2.31. The summed E-state index contributed by atoms with van der Waals surface area (Å²) in [5.41, 5.74) is 1.91. The minimum absolute atomic E-state index is 0.0964. The molecule has 16 heavy (non-hydrogen) atoms. The van der Waals surface area contributed by atoms with Crippen molar-refractivity contribution in [1.29, 1.82) is 0 Å². The van der Waals surface area contributed by atoms with Crippen molar-refractivity contribution in [3.05, 3.63) is 58.9 Å². The molecule has 2 rings (SSSR count). The highest BCUT2D eigenvalue weighted by Gasteiger charge is 2.05. The highest BCUT2D eigenvalue weighted by Crippen LogP contribution is 2.25. The van der Waals surface area contributed by atoms with Crippen LogP contribution >= 0.6 is 11.6 Å². The van der Waals surface area contributed by atoms with Gasteiger partial charge in [-0.25, -0.2) is 4.39 Å². The molecular weight excluding hydrogens is 227 g/mol. The van der Waals surface area contributed by atoms with E-state index in [4.69, 9.17) is 16.7 Å². The first-order chi connectivity index (χ1) is 7.70. The van der Waals surface area contributed by atoms with E-state index in [1.165, 1.54) is 6.07 Å². The molecule has 0 aliphatic heterocycles. The number of aliphatic hydroxyl groups is 1. The van der Waals surface area contributed by atoms with Crippen molar-refractivity contribution in [2.45, 2.75) is 6.61 Å². The van der Waals surface area contributed by atoms with Crippen LogP contribution in [0.25, 0.3) is 11.1 Å². The second kappa shape index (κ2) is 4.64. The average molecular weight is 237 g/mol. The van der Waals surface area contributed by atoms with E-state index in [2.05, 4.69) is 0 Å². The highest BCUT2D eigenvalue weighted by atomic mass is 35.5. The van der Waals surface area contributed by atoms with Gasteiger partial charge in [-0.3, -0.25) is 0 Å². The molecule has 0 aliphatic rings. The molecule has 0 spiro atoms. The summed E-state index contributed by atoms with van der Waals surface area (Å²) in [6, 6.07) is 11.5. The van der Waals surface area contributed by atoms with Crippen molar-refractivity contribution in [2.75, 3.05) is 0 Å². The number of benzene rings is 2. The Balaban J connectivity index is 2.50. The normalized spacial score (nSPS) is 10.4. The molecule has 0 amide bonds. The van der Waals surface area contributed by atoms with Crippen molar-refractivity contribution in [3.63, 3.8) is 0 Å². The predicted molar refractivity (Wildman–Crippen MR) is 62.8 cm³/mol. The third kappa shape index (κ3) is 2.23. The fourth-order valence-electron chi connectivity index (χ4n) is 1.52. The van der Waals surface area contributed by atoms with Gasteiger partial charge in [-0.1, -0.05) is 29.8 Å². The number of rotatable bonds is 2. The first kappa shape index (κ1) is 11.1. The van der Waals surface area contributed by atoms with Gasteiger partial charge in [0, 0.05) is 10.6 Å². The van der Waals surface area contributed by atoms with Gasteiger partial charge in [-0.15, -0.1) is 0 Å². The minimum Gasteiger partial charge on any atom is -0.392 e. The van der Waals surface area contributed by atoms with Gasteiger partial charge in [0.1, 0.15) is 5.82 Å². The van der Waals surface area contributed by atoms with Crippen molar-refractivity contribution in [3.8, 4) is 11.1 Å². The van der Waals surface area contributed by atoms with E-state index in [0.717, 1.165) is 5.56 Å². The Morgan fingerprint density at radius 1 is 1.06 bits per heavy atom. The van der Waals surface area contributed by atoms with Gasteiger partial charge >= 0.3 is 0 Å². The monoisotopic (exact) mass is 236 g/mol. The lowest BCUT2D eigenvalue weighted by atomic mass is 10.0. The molecule has 1 N–H and O–H groups in total. The van der Waals surface area contributed by atoms with Crippen LogP contribution < -0.4 is 0 Å². The van der Waals surface area contributed by atoms with E-state index in [1.807, 2.05) is 0 Å². The molecule has 0 aromatic heterocycles. The Labute approximate surface area is 98.1 Å². The van der Waals surface area contributed by atoms with E-state index in [1.54, 1.807) is 36.4 Å². The van der Waals surface area contributed by atoms with Gasteiger partial charge in [-0.2, -0.15) is 0 Å². The maximum Gasteiger partial charge on any atom is 0.131 e. The zero-order valence-electron chi connectivity index (χ0n) is 8.45. The number of aliphatic hydroxyl groups excluding tert-OH is 1. The van der Waals surface area contributed by atoms with Crippen molar-refractivity contribution >= 4 is 11.6 Å². The molecule has 0 aliphatic carbocycles. The molecule has 0 saturated carbocycles. The van der Waals surface area contributed by atoms with Crippen LogP contribution in [-0.2, 0) is 6.61 Å². The fraction of sp³-hybridized carbons (Fsp3) is 0.0769. The smallest absolute Gasteiger partial charge is 0.131 e. The summed E-state index contributed by atoms with van der Waals surface area (Å²) >= 11 is 5.76. The summed E-state index contributed by atoms with van der Waals surface area (Å²) in [7, 11) is 0. The van der Waals surface area contributed by atoms with Gasteiger partial charge in [0.05, 0.1) is 6.61 Å². The molecule has 1 nitrogen and oxygen atoms in total. The van der Waals surface area contributed by atoms with Gasteiger partial charge in [0.25, 0.3) is 0 Å². The van der Waals surface area contributed by atoms with Crippen molar-refractivity contribution in [2.24, 2.45) is 0 Å². The van der Waals surface area contributed by atoms with Crippen molar-refractivity contribution < 1.29 is 9.50 Å². The lowest BCUT2D eigenvalue weighted by molar-refractivity contribution is 0.282. The molecule has 2 aromatic carbocycles. The molecule has 0 saturated heterocycles. The van der Waals surface area contributed by atoms with E-state index in [9.17, 15) is 4.39 Å². The Morgan fingerprint density at radius 3 is 2.38 bits per heavy atom. The summed E-state index contributed by atoms with van der Waals surface area (Å²) in [6.45, 7) is -0.0964. The Morgan fingerprint density at radius 2 is 1.75 bits per heavy atom. The third-order valence-electron chi connectivity index (χ3n) is 2.37. The van der Waals surface area contributed by atoms with Crippen LogP contribution in [0.3, 0.4) is 0 Å². The zero-order valence-corrected chi connectivity index (χ0v) is 9.21. The molecule has 0 radical (unpaired) electrons. The second-order valence-corrected chi connectivity index (χ2v) is 3.92. The predicted octanol–water partition coefficient (Wildman–Crippen LogP) is 3.64. The molecule has 0 heterocycles. The summed E-state index contributed by atoms with van der Waals surface area (Å²) in [4.78, 5) is 0. The van der Waals surface area contributed by atoms with E-state index in [-0.39, 0.29) is 12.4 Å². The van der Waals surface area contributed by atoms with Crippen LogP contribution in [-0.4, -0.2) is 5.11 Å². The molecule has 0 unspecified atom stereocenters. The molecule has 82 valence electrons. The lowest BCUT2D eigenvalue weighted by Gasteiger charge is -2.05. The summed E-state index contributed by atoms with van der Waals surface area (Å²) in [6.07, 6.45) is 0. The zero-order chi connectivity index (χ0) is 11.5. The summed E-state index contributed by atoms with van der Waals surface area (Å²) < 4.78 is 13.6. The Hall–Kier alpha value is -1.38. The van der Waals surface area contributed by atoms with Gasteiger partial charge < -0.3 is 5.11 Å². The lowest BCUT2D eigenvalue weighted by Crippen LogP contribution is -1.89. The van der Waals surface area contributed by atoms with Crippen LogP contribution in [0.15, 0.2) is 42.5 Å². The number of hydrogen-bond acceptors (Lipinski definition) is 1. The van der Waals surface area contributed by atoms with Crippen LogP contribution in [0.4, 0.5) is 4.39 Å². The van der Waals surface area contributed by atoms with Crippen LogP contribution in [0.1, 0.15) is 5.56 Å². The van der Waals surface area contributed by atoms with E-state index in [0.29, 0.717) is 16.1 Å². The molecule has 0 bridgehead atoms. The topological polar surface area (TPSA) is 20.2 Å². The maximum absolute atomic E-state index is 13.6. The summed E-state index contributed by atoms with van der Waals surface area (Å²) in [5.74, 6) is -0.306. The second-order valence-electron chi connectivity index (χ2n) is 3.48. The van der Waals surface area contributed by atoms with Gasteiger partial charge in [0.15, 0.2) is 0 Å². The SMILES string of the molecule is OCc1ccc(F)c(-c2ccc(Cl)cc2)c1. The maximum atomic E-state index is 13.6. The summed E-state index contributed by atoms with van der Waals surface area (Å²) in [5, 5.41) is 9.61. The van der Waals surface area contributed by atoms with E-state index >= 15 is 0 Å². The Bertz CT molecular complexity index is 494. The van der Waals surface area contributed by atoms with Gasteiger partial charge in [0.2, 0.25) is 0 Å². The molecular formula is C13H10ClFO. The minimum atomic E-state index is -0.306. The highest BCUT2D eigenvalue weighted by molar-refractivity contribution is 6.30. The fourth-order valence-corrected chi connectivity index (χ4v) is 1.65. The first-order valence-electron chi connectivity index (χ1n) is 4.86. The molecule has 0 atom stereocenters. The van der Waals surface area contributed by atoms with Crippen molar-refractivity contribution in [1.82, 2.24) is 0 Å². The largest absolute Gasteiger partial charge is 0.392 e. The molecule has 2 aromatic rings. The van der Waals surface area contributed by atoms with Crippen LogP contribution in [0, 0.1) is 5.82 Å². The molecule has 3 heteroatoms. The quantitative estimate of drug-likeness (QED) is 0.844. The van der Waals surface area contributed by atoms with Crippen LogP contribution in [0.2, 0.25) is 5.02 Å². The Kier molecular flexibility index (Phi) is 3.22. The third-order valence-corrected chi connectivity index (χ3v) is 2.62. The van der Waals surface area contributed by atoms with Gasteiger partial charge in [-0.05, 0) is 35.4 Å². The number of hydrogen-bond donors (Lipinski definition) is 1. The number of halogens is 2. The standard InChI is InChI=1S/C13H10ClFO/c14-11-4-2-10(3-5-11)12-7-9(8-16)1-6-13(12)15/h1-7,16H,8H2. The van der Waals surface area contributed by atoms with Crippen LogP contribution in [0.5, 0.6) is 0 Å². The first-order valence-corrected chi connectivity index (χ1v) is 5.24. The molecule has 0 fully saturated rings. The van der Waals surface area contributed by atoms with E-state index < -0.39 is 0 Å².